The summed E-state index contributed by atoms with van der Waals surface area (Å²) in [6.07, 6.45) is -16.3. The summed E-state index contributed by atoms with van der Waals surface area (Å²) < 4.78 is 153. The van der Waals surface area contributed by atoms with E-state index in [1.807, 2.05) is 14.1 Å². The Morgan fingerprint density at radius 3 is 1.32 bits per heavy atom. The molecule has 0 radical (unpaired) electrons. The first-order valence-electron chi connectivity index (χ1n) is 45.0. The first kappa shape index (κ1) is 104. The summed E-state index contributed by atoms with van der Waals surface area (Å²) in [6, 6.07) is 18.4. The normalized spacial score (nSPS) is 26.6. The molecule has 6 fully saturated rings. The van der Waals surface area contributed by atoms with Gasteiger partial charge in [0.05, 0.1) is 163 Å². The monoisotopic (exact) mass is 1940 g/mol. The van der Waals surface area contributed by atoms with Gasteiger partial charge in [0.1, 0.15) is 67.8 Å². The van der Waals surface area contributed by atoms with Crippen LogP contribution in [0.15, 0.2) is 72.8 Å². The predicted molar refractivity (Wildman–Crippen MR) is 469 cm³/mol. The highest BCUT2D eigenvalue weighted by Gasteiger charge is 2.59. The van der Waals surface area contributed by atoms with Gasteiger partial charge in [-0.2, -0.15) is 0 Å². The number of fused-ring (bicyclic) bond motifs is 8. The highest BCUT2D eigenvalue weighted by atomic mass is 16.8. The molecule has 5 aromatic carbocycles. The van der Waals surface area contributed by atoms with Crippen molar-refractivity contribution in [3.63, 3.8) is 0 Å². The second-order valence-corrected chi connectivity index (χ2v) is 32.9. The Balaban J connectivity index is 0.000000195. The number of benzene rings is 5. The summed E-state index contributed by atoms with van der Waals surface area (Å²) in [5, 5.41) is 67.5. The number of Topliss-reactive ketones (excluding diaryl/α,β-unsaturated/α-hetero) is 2. The van der Waals surface area contributed by atoms with Crippen LogP contribution >= 0.6 is 0 Å². The van der Waals surface area contributed by atoms with Crippen LogP contribution in [0, 0.1) is 33.8 Å². The van der Waals surface area contributed by atoms with Gasteiger partial charge in [-0.15, -0.1) is 0 Å². The highest BCUT2D eigenvalue weighted by Crippen LogP contribution is 2.60. The number of ether oxygens (including phenoxy) is 27. The molecule has 8 heterocycles. The number of likely N-dealkylation sites (N-methyl/N-ethyl adjacent to an activating group) is 3. The first-order chi connectivity index (χ1) is 66.4. The quantitative estimate of drug-likeness (QED) is 0.00884. The number of non-ortho nitro benzene ring substituents is 1. The fourth-order valence-electron chi connectivity index (χ4n) is 17.3. The molecule has 0 bridgehead atoms. The van der Waals surface area contributed by atoms with E-state index >= 15 is 0 Å². The number of cyclic esters (lactones) is 2. The maximum Gasteiger partial charge on any atom is 0.519 e. The zero-order valence-electron chi connectivity index (χ0n) is 77.4. The molecule has 8 aliphatic heterocycles. The van der Waals surface area contributed by atoms with Gasteiger partial charge in [-0.05, 0) is 122 Å². The van der Waals surface area contributed by atoms with Crippen LogP contribution in [0.1, 0.15) is 71.3 Å². The van der Waals surface area contributed by atoms with Crippen LogP contribution in [-0.2, 0) is 95.0 Å². The van der Waals surface area contributed by atoms with Gasteiger partial charge in [-0.3, -0.25) is 29.3 Å². The highest BCUT2D eigenvalue weighted by molar-refractivity contribution is 5.83. The third-order valence-electron chi connectivity index (χ3n) is 24.0. The minimum absolute atomic E-state index is 0.00395. The predicted octanol–water partition coefficient (Wildman–Crippen LogP) is 1.98. The number of aliphatic hydroxyl groups excluding tert-OH is 4. The fraction of sp³-hybridized carbons (Fsp3) is 0.604. The molecule has 0 saturated carbocycles. The van der Waals surface area contributed by atoms with Crippen molar-refractivity contribution in [1.29, 1.82) is 0 Å². The smallest absolute Gasteiger partial charge is 0.493 e. The molecule has 46 nitrogen and oxygen atoms in total. The van der Waals surface area contributed by atoms with Crippen molar-refractivity contribution < 1.29 is 182 Å². The van der Waals surface area contributed by atoms with E-state index in [2.05, 4.69) is 21.3 Å². The molecule has 6 saturated heterocycles. The molecule has 46 heteroatoms. The number of hydrogen-bond donors (Lipinski definition) is 9. The molecular formula is C91H121N7O39. The summed E-state index contributed by atoms with van der Waals surface area (Å²) in [5.41, 5.74) is 8.70. The topological polar surface area (TPSA) is 553 Å². The van der Waals surface area contributed by atoms with Crippen LogP contribution in [-0.4, -0.2) is 361 Å². The van der Waals surface area contributed by atoms with Gasteiger partial charge in [-0.1, -0.05) is 0 Å². The van der Waals surface area contributed by atoms with E-state index in [4.69, 9.17) is 134 Å². The molecule has 1 amide bonds. The number of nitrogens with one attached hydrogen (secondary N) is 4. The van der Waals surface area contributed by atoms with E-state index in [0.717, 1.165) is 19.6 Å². The lowest BCUT2D eigenvalue weighted by atomic mass is 9.66. The second kappa shape index (κ2) is 50.6. The molecule has 15 rings (SSSR count). The summed E-state index contributed by atoms with van der Waals surface area (Å²) in [5.74, 6) is -3.36. The van der Waals surface area contributed by atoms with E-state index in [1.165, 1.54) is 57.6 Å². The van der Waals surface area contributed by atoms with Crippen LogP contribution in [0.3, 0.4) is 0 Å². The number of methoxy groups -OCH3 is 4. The zero-order valence-corrected chi connectivity index (χ0v) is 77.4. The van der Waals surface area contributed by atoms with E-state index in [9.17, 15) is 59.3 Å². The molecule has 754 valence electrons. The number of hydrogen-bond acceptors (Lipinski definition) is 44. The number of carbonyl (C=O) groups is 6. The van der Waals surface area contributed by atoms with Crippen molar-refractivity contribution in [3.8, 4) is 63.2 Å². The van der Waals surface area contributed by atoms with Crippen LogP contribution in [0.2, 0.25) is 0 Å². The number of amides is 1. The lowest BCUT2D eigenvalue weighted by Gasteiger charge is -2.47. The Kier molecular flexibility index (Phi) is 38.5. The minimum atomic E-state index is -1.50. The number of nitrogens with two attached hydrogens (primary N) is 1. The molecule has 5 aromatic rings. The average Bonchev–Trinajstić information content (AvgIpc) is 1.64. The summed E-state index contributed by atoms with van der Waals surface area (Å²) in [6.45, 7) is 11.9. The van der Waals surface area contributed by atoms with Crippen molar-refractivity contribution in [1.82, 2.24) is 26.2 Å². The number of nitro benzene ring substituents is 1. The number of nitrogens with zero attached hydrogens (tertiary/aromatic N) is 2. The lowest BCUT2D eigenvalue weighted by Crippen LogP contribution is -2.63. The lowest BCUT2D eigenvalue weighted by molar-refractivity contribution is -0.384. The van der Waals surface area contributed by atoms with Crippen molar-refractivity contribution in [2.45, 2.75) is 112 Å². The Labute approximate surface area is 788 Å². The number of aliphatic hydroxyl groups is 4. The first-order valence-corrected chi connectivity index (χ1v) is 45.0. The number of ketones is 2. The average molecular weight is 1940 g/mol. The summed E-state index contributed by atoms with van der Waals surface area (Å²) in [7, 11) is 10.8. The number of rotatable bonds is 45. The van der Waals surface area contributed by atoms with Gasteiger partial charge < -0.3 is 180 Å². The van der Waals surface area contributed by atoms with Crippen molar-refractivity contribution in [2.75, 3.05) is 221 Å². The van der Waals surface area contributed by atoms with E-state index < -0.39 is 151 Å². The Morgan fingerprint density at radius 1 is 0.489 bits per heavy atom. The maximum absolute atomic E-state index is 13.8. The van der Waals surface area contributed by atoms with E-state index in [-0.39, 0.29) is 137 Å². The molecule has 12 unspecified atom stereocenters. The van der Waals surface area contributed by atoms with Gasteiger partial charge in [0.2, 0.25) is 25.1 Å². The Morgan fingerprint density at radius 2 is 0.898 bits per heavy atom. The minimum Gasteiger partial charge on any atom is -0.493 e. The molecule has 137 heavy (non-hydrogen) atoms. The second-order valence-electron chi connectivity index (χ2n) is 32.9. The van der Waals surface area contributed by atoms with Crippen molar-refractivity contribution in [2.24, 2.45) is 29.4 Å². The summed E-state index contributed by atoms with van der Waals surface area (Å²) in [4.78, 5) is 89.1. The van der Waals surface area contributed by atoms with E-state index in [1.54, 1.807) is 69.4 Å². The summed E-state index contributed by atoms with van der Waals surface area (Å²) >= 11 is 0. The van der Waals surface area contributed by atoms with Gasteiger partial charge >= 0.3 is 24.2 Å². The molecule has 10 aliphatic rings. The molecule has 0 aromatic heterocycles. The fourth-order valence-corrected chi connectivity index (χ4v) is 17.3. The molecule has 10 N–H and O–H groups in total. The van der Waals surface area contributed by atoms with Gasteiger partial charge in [0.15, 0.2) is 82.7 Å². The third kappa shape index (κ3) is 26.1. The molecule has 20 atom stereocenters. The van der Waals surface area contributed by atoms with Gasteiger partial charge in [0.25, 0.3) is 5.69 Å². The van der Waals surface area contributed by atoms with Crippen molar-refractivity contribution >= 4 is 41.4 Å². The maximum atomic E-state index is 13.8. The number of carbonyl (C=O) groups excluding carboxylic acids is 6. The number of esters is 2. The molecule has 2 aliphatic carbocycles. The van der Waals surface area contributed by atoms with Gasteiger partial charge in [-0.25, -0.2) is 9.59 Å². The largest absolute Gasteiger partial charge is 0.519 e. The van der Waals surface area contributed by atoms with Crippen LogP contribution in [0.5, 0.6) is 63.2 Å². The Hall–Kier alpha value is -10.2. The molecular weight excluding hydrogens is 1820 g/mol. The standard InChI is InChI=1S/C42H57N3O18.C36H35NO17.C13H29N3O4/c1-22-56-20-32-39(60-22)35(47)36(48)41(61-32)62-37-26-16-29-28(58-21-59-29)15-25(26)33(34-27(37)19-57-40(34)49)23-13-30(51-3)38(31(14-23)52-4)63-42(50)45(2)7-6-44-17-24(46)18-55-12-11-54-10-9-53-8-5-43;1-15-46-13-26-33(50-15)29(38)30(39)35(52-26)53-31-20-11-23-22(48-14-49-23)10-19(20)27(28-21(31)12-47-34(28)40)16-8-24(44-2)32(25(9-16)45-3)54-36(41)51-18-6-4-17(5-7-18)37(42)43;1-14-3-4-16-11-13(17)12-20-10-9-19-8-7-18-6-5-15-2/h13-16,22,27,32-37,39,41,44,47-48H,5-12,17-21,43H2,1-4H3;4-11,15,21,26-31,33,35,38-39H,12-14H2,1-3H3;14-16H,3-12H2,1-2H3/t22?,27-,32?,33+,34-,35?,36?,37+,39?,41?;15?,21-,26?,27+,28-,29?,30?,31+,33?,35?;/m00./s1. The SMILES string of the molecule is CNCCNCC(=O)COCCOCCOCCNC.COc1cc([C@@H]2c3cc4c(cc3[C@@H](OC3OC5COC(C)OC5C(O)C3O)[C@H]3COC(=O)[C@H]23)OCO4)cc(OC)c1OC(=O)N(C)CCNCC(=O)COCCOCCOCCN.COc1cc([C@@H]2c3cc4c(cc3[C@@H](OC3OC5COC(C)OC5C(O)C3O)[C@H]3COC(=O)[C@H]23)OCO4)cc(OC)c1OC(=O)Oc1ccc([N+](=O)[O-])cc1. The van der Waals surface area contributed by atoms with Crippen molar-refractivity contribution in [3.05, 3.63) is 116 Å². The van der Waals surface area contributed by atoms with E-state index in [0.29, 0.717) is 129 Å². The van der Waals surface area contributed by atoms with Gasteiger partial charge in [0, 0.05) is 82.1 Å². The van der Waals surface area contributed by atoms with Crippen LogP contribution < -0.4 is 79.1 Å². The van der Waals surface area contributed by atoms with Crippen LogP contribution in [0.4, 0.5) is 15.3 Å². The molecule has 0 spiro atoms. The third-order valence-corrected chi connectivity index (χ3v) is 24.0. The zero-order chi connectivity index (χ0) is 97.3. The Bertz CT molecular complexity index is 4800. The van der Waals surface area contributed by atoms with Crippen LogP contribution in [0.25, 0.3) is 0 Å². The number of nitro groups is 1.